The Balaban J connectivity index is 0.000000197. The summed E-state index contributed by atoms with van der Waals surface area (Å²) in [5.41, 5.74) is 0. The molecule has 6 heteroatoms. The molecule has 3 aromatic carbocycles. The lowest BCUT2D eigenvalue weighted by molar-refractivity contribution is 0.0411. The van der Waals surface area contributed by atoms with Gasteiger partial charge in [-0.3, -0.25) is 4.18 Å². The lowest BCUT2D eigenvalue weighted by Gasteiger charge is -2.37. The maximum Gasteiger partial charge on any atom is 0.217 e. The Kier molecular flexibility index (Phi) is 9.77. The monoisotopic (exact) mass is 498 g/mol. The molecule has 3 atom stereocenters. The van der Waals surface area contributed by atoms with Crippen molar-refractivity contribution in [3.63, 3.8) is 0 Å². The Labute approximate surface area is 207 Å². The zero-order valence-electron chi connectivity index (χ0n) is 20.0. The Hall–Kier alpha value is -2.12. The highest BCUT2D eigenvalue weighted by Gasteiger charge is 2.32. The average molecular weight is 499 g/mol. The predicted molar refractivity (Wildman–Crippen MR) is 137 cm³/mol. The minimum absolute atomic E-state index is 0.0146. The minimum atomic E-state index is -4.56. The van der Waals surface area contributed by atoms with E-state index in [4.69, 9.17) is 0 Å². The number of rotatable bonds is 6. The summed E-state index contributed by atoms with van der Waals surface area (Å²) >= 11 is 0. The van der Waals surface area contributed by atoms with E-state index in [2.05, 4.69) is 102 Å². The molecule has 182 valence electrons. The van der Waals surface area contributed by atoms with Crippen LogP contribution in [0.4, 0.5) is 0 Å². The molecule has 1 aliphatic carbocycles. The van der Waals surface area contributed by atoms with E-state index in [0.717, 1.165) is 12.8 Å². The second kappa shape index (κ2) is 12.5. The van der Waals surface area contributed by atoms with Gasteiger partial charge in [-0.05, 0) is 67.0 Å². The van der Waals surface area contributed by atoms with E-state index in [1.165, 1.54) is 14.7 Å². The van der Waals surface area contributed by atoms with Crippen LogP contribution in [0.5, 0.6) is 0 Å². The molecule has 4 rings (SSSR count). The molecule has 0 spiro atoms. The van der Waals surface area contributed by atoms with Gasteiger partial charge in [0, 0.05) is 0 Å². The van der Waals surface area contributed by atoms with Crippen molar-refractivity contribution in [2.45, 2.75) is 60.8 Å². The van der Waals surface area contributed by atoms with Gasteiger partial charge in [-0.25, -0.2) is 8.42 Å². The summed E-state index contributed by atoms with van der Waals surface area (Å²) in [5, 5.41) is 0. The molecule has 0 radical (unpaired) electrons. The lowest BCUT2D eigenvalue weighted by Crippen LogP contribution is -2.35. The maximum absolute atomic E-state index is 10.6. The fraction of sp³-hybridized carbons (Fsp3) is 0.357. The van der Waals surface area contributed by atoms with E-state index in [1.807, 2.05) is 13.8 Å². The largest absolute Gasteiger partial charge is 0.726 e. The fourth-order valence-electron chi connectivity index (χ4n) is 4.45. The molecule has 0 saturated heterocycles. The second-order valence-electron chi connectivity index (χ2n) is 9.11. The highest BCUT2D eigenvalue weighted by Crippen LogP contribution is 2.36. The minimum Gasteiger partial charge on any atom is -0.726 e. The molecular formula is C28H34O4S2. The lowest BCUT2D eigenvalue weighted by atomic mass is 9.75. The summed E-state index contributed by atoms with van der Waals surface area (Å²) in [6.45, 7) is 6.13. The topological polar surface area (TPSA) is 66.4 Å². The summed E-state index contributed by atoms with van der Waals surface area (Å²) in [5.74, 6) is 0.973. The van der Waals surface area contributed by atoms with Crippen molar-refractivity contribution in [3.8, 4) is 0 Å². The van der Waals surface area contributed by atoms with Crippen molar-refractivity contribution in [1.29, 1.82) is 0 Å². The van der Waals surface area contributed by atoms with Crippen molar-refractivity contribution in [3.05, 3.63) is 91.0 Å². The molecule has 0 heterocycles. The van der Waals surface area contributed by atoms with E-state index in [1.54, 1.807) is 0 Å². The van der Waals surface area contributed by atoms with Crippen LogP contribution in [0.3, 0.4) is 0 Å². The highest BCUT2D eigenvalue weighted by molar-refractivity contribution is 7.97. The first-order valence-electron chi connectivity index (χ1n) is 11.8. The molecule has 0 bridgehead atoms. The van der Waals surface area contributed by atoms with Crippen LogP contribution in [0.1, 0.15) is 40.0 Å². The first-order valence-corrected chi connectivity index (χ1v) is 14.3. The van der Waals surface area contributed by atoms with Gasteiger partial charge in [0.25, 0.3) is 0 Å². The van der Waals surface area contributed by atoms with Gasteiger partial charge in [0.05, 0.1) is 17.0 Å². The quantitative estimate of drug-likeness (QED) is 0.215. The van der Waals surface area contributed by atoms with Gasteiger partial charge in [0.2, 0.25) is 10.4 Å². The molecule has 1 aliphatic rings. The van der Waals surface area contributed by atoms with Crippen LogP contribution >= 0.6 is 0 Å². The SMILES string of the molecule is CC1CCC(C(C)C)C(OS(=O)(=O)[O-])C1.c1ccc([S+](c2ccccc2)c2ccccc2)cc1. The van der Waals surface area contributed by atoms with E-state index < -0.39 is 16.5 Å². The smallest absolute Gasteiger partial charge is 0.217 e. The van der Waals surface area contributed by atoms with Crippen molar-refractivity contribution >= 4 is 21.3 Å². The van der Waals surface area contributed by atoms with Gasteiger partial charge < -0.3 is 4.55 Å². The van der Waals surface area contributed by atoms with Gasteiger partial charge in [0.1, 0.15) is 0 Å². The molecule has 0 aromatic heterocycles. The Morgan fingerprint density at radius 1 is 0.794 bits per heavy atom. The molecule has 34 heavy (non-hydrogen) atoms. The van der Waals surface area contributed by atoms with Crippen LogP contribution in [0, 0.1) is 17.8 Å². The Morgan fingerprint density at radius 2 is 1.21 bits per heavy atom. The van der Waals surface area contributed by atoms with Crippen molar-refractivity contribution < 1.29 is 17.2 Å². The molecule has 3 unspecified atom stereocenters. The summed E-state index contributed by atoms with van der Waals surface area (Å²) in [4.78, 5) is 4.08. The normalized spacial score (nSPS) is 20.6. The molecular weight excluding hydrogens is 464 g/mol. The van der Waals surface area contributed by atoms with Gasteiger partial charge in [-0.1, -0.05) is 81.8 Å². The van der Waals surface area contributed by atoms with Crippen LogP contribution < -0.4 is 0 Å². The summed E-state index contributed by atoms with van der Waals surface area (Å²) in [7, 11) is -4.58. The maximum atomic E-state index is 10.6. The van der Waals surface area contributed by atoms with Crippen LogP contribution in [-0.4, -0.2) is 19.1 Å². The highest BCUT2D eigenvalue weighted by atomic mass is 32.3. The van der Waals surface area contributed by atoms with Crippen LogP contribution in [-0.2, 0) is 25.5 Å². The number of benzene rings is 3. The molecule has 0 amide bonds. The van der Waals surface area contributed by atoms with Gasteiger partial charge in [-0.15, -0.1) is 0 Å². The van der Waals surface area contributed by atoms with Crippen LogP contribution in [0.2, 0.25) is 0 Å². The zero-order valence-corrected chi connectivity index (χ0v) is 21.7. The molecule has 0 N–H and O–H groups in total. The van der Waals surface area contributed by atoms with Crippen molar-refractivity contribution in [2.24, 2.45) is 17.8 Å². The summed E-state index contributed by atoms with van der Waals surface area (Å²) in [6.07, 6.45) is 2.28. The third-order valence-electron chi connectivity index (χ3n) is 6.14. The number of hydrogen-bond donors (Lipinski definition) is 0. The third-order valence-corrected chi connectivity index (χ3v) is 8.85. The van der Waals surface area contributed by atoms with E-state index in [9.17, 15) is 13.0 Å². The van der Waals surface area contributed by atoms with Gasteiger partial charge >= 0.3 is 0 Å². The first-order chi connectivity index (χ1) is 16.2. The Morgan fingerprint density at radius 3 is 1.56 bits per heavy atom. The zero-order chi connectivity index (χ0) is 24.6. The predicted octanol–water partition coefficient (Wildman–Crippen LogP) is 6.71. The van der Waals surface area contributed by atoms with Crippen molar-refractivity contribution in [1.82, 2.24) is 0 Å². The van der Waals surface area contributed by atoms with Gasteiger partial charge in [-0.2, -0.15) is 0 Å². The van der Waals surface area contributed by atoms with Gasteiger partial charge in [0.15, 0.2) is 14.7 Å². The molecule has 1 saturated carbocycles. The summed E-state index contributed by atoms with van der Waals surface area (Å²) in [6, 6.07) is 32.2. The second-order valence-corrected chi connectivity index (χ2v) is 12.1. The third kappa shape index (κ3) is 7.98. The van der Waals surface area contributed by atoms with Crippen molar-refractivity contribution in [2.75, 3.05) is 0 Å². The first kappa shape index (κ1) is 26.5. The molecule has 4 nitrogen and oxygen atoms in total. The molecule has 0 aliphatic heterocycles. The van der Waals surface area contributed by atoms with E-state index in [0.29, 0.717) is 18.3 Å². The summed E-state index contributed by atoms with van der Waals surface area (Å²) < 4.78 is 36.4. The molecule has 3 aromatic rings. The number of hydrogen-bond acceptors (Lipinski definition) is 4. The average Bonchev–Trinajstić information content (AvgIpc) is 2.81. The standard InChI is InChI=1S/C18H15S.C10H20O4S/c1-4-10-16(11-5-1)19(17-12-6-2-7-13-17)18-14-8-3-9-15-18;1-7(2)9-5-4-8(3)6-10(9)14-15(11,12)13/h1-15H;7-10H,4-6H2,1-3H3,(H,11,12,13)/q+1;/p-1. The van der Waals surface area contributed by atoms with Crippen LogP contribution in [0.25, 0.3) is 0 Å². The van der Waals surface area contributed by atoms with E-state index >= 15 is 0 Å². The Bertz CT molecular complexity index is 993. The van der Waals surface area contributed by atoms with E-state index in [-0.39, 0.29) is 16.8 Å². The fourth-order valence-corrected chi connectivity index (χ4v) is 7.08. The van der Waals surface area contributed by atoms with Crippen LogP contribution in [0.15, 0.2) is 106 Å². The molecule has 1 fully saturated rings.